The van der Waals surface area contributed by atoms with Crippen molar-refractivity contribution in [2.75, 3.05) is 12.4 Å². The third-order valence-corrected chi connectivity index (χ3v) is 4.10. The SMILES string of the molecule is Cc1nccn1CCNC1(CCl)CCCC1. The van der Waals surface area contributed by atoms with Crippen molar-refractivity contribution < 1.29 is 0 Å². The van der Waals surface area contributed by atoms with Crippen LogP contribution in [-0.2, 0) is 6.54 Å². The van der Waals surface area contributed by atoms with E-state index in [1.807, 2.05) is 19.3 Å². The van der Waals surface area contributed by atoms with Gasteiger partial charge in [-0.3, -0.25) is 0 Å². The fourth-order valence-electron chi connectivity index (χ4n) is 2.49. The number of nitrogens with one attached hydrogen (secondary N) is 1. The Morgan fingerprint density at radius 1 is 1.50 bits per heavy atom. The summed E-state index contributed by atoms with van der Waals surface area (Å²) in [4.78, 5) is 4.21. The minimum Gasteiger partial charge on any atom is -0.334 e. The molecule has 1 aromatic heterocycles. The van der Waals surface area contributed by atoms with Gasteiger partial charge in [0.05, 0.1) is 0 Å². The monoisotopic (exact) mass is 241 g/mol. The largest absolute Gasteiger partial charge is 0.334 e. The molecule has 16 heavy (non-hydrogen) atoms. The minimum absolute atomic E-state index is 0.204. The summed E-state index contributed by atoms with van der Waals surface area (Å²) in [5.74, 6) is 1.81. The number of rotatable bonds is 5. The van der Waals surface area contributed by atoms with Crippen molar-refractivity contribution in [3.63, 3.8) is 0 Å². The Morgan fingerprint density at radius 3 is 2.81 bits per heavy atom. The van der Waals surface area contributed by atoms with Gasteiger partial charge in [-0.05, 0) is 19.8 Å². The normalized spacial score (nSPS) is 19.1. The number of halogens is 1. The Kier molecular flexibility index (Phi) is 3.87. The zero-order chi connectivity index (χ0) is 11.4. The molecule has 0 atom stereocenters. The van der Waals surface area contributed by atoms with Crippen LogP contribution in [0.25, 0.3) is 0 Å². The molecule has 0 amide bonds. The van der Waals surface area contributed by atoms with Crippen molar-refractivity contribution in [3.8, 4) is 0 Å². The predicted molar refractivity (Wildman–Crippen MR) is 66.9 cm³/mol. The second-order valence-corrected chi connectivity index (χ2v) is 4.98. The summed E-state index contributed by atoms with van der Waals surface area (Å²) in [6.07, 6.45) is 8.94. The molecule has 90 valence electrons. The molecule has 0 radical (unpaired) electrons. The van der Waals surface area contributed by atoms with E-state index in [2.05, 4.69) is 14.9 Å². The second kappa shape index (κ2) is 5.19. The average molecular weight is 242 g/mol. The molecule has 0 aliphatic heterocycles. The van der Waals surface area contributed by atoms with Gasteiger partial charge in [-0.15, -0.1) is 11.6 Å². The summed E-state index contributed by atoms with van der Waals surface area (Å²) in [7, 11) is 0. The third kappa shape index (κ3) is 2.58. The molecule has 1 fully saturated rings. The minimum atomic E-state index is 0.204. The van der Waals surface area contributed by atoms with E-state index in [9.17, 15) is 0 Å². The number of imidazole rings is 1. The number of aromatic nitrogens is 2. The first-order valence-corrected chi connectivity index (χ1v) is 6.58. The zero-order valence-electron chi connectivity index (χ0n) is 9.88. The van der Waals surface area contributed by atoms with E-state index < -0.39 is 0 Å². The lowest BCUT2D eigenvalue weighted by Crippen LogP contribution is -2.45. The van der Waals surface area contributed by atoms with E-state index in [1.54, 1.807) is 0 Å². The van der Waals surface area contributed by atoms with Crippen LogP contribution >= 0.6 is 11.6 Å². The number of hydrogen-bond acceptors (Lipinski definition) is 2. The molecule has 1 saturated carbocycles. The van der Waals surface area contributed by atoms with Gasteiger partial charge in [0.25, 0.3) is 0 Å². The number of nitrogens with zero attached hydrogens (tertiary/aromatic N) is 2. The summed E-state index contributed by atoms with van der Waals surface area (Å²) in [6.45, 7) is 3.99. The first kappa shape index (κ1) is 11.9. The third-order valence-electron chi connectivity index (χ3n) is 3.59. The predicted octanol–water partition coefficient (Wildman–Crippen LogP) is 2.33. The summed E-state index contributed by atoms with van der Waals surface area (Å²) in [6, 6.07) is 0. The maximum atomic E-state index is 6.07. The van der Waals surface area contributed by atoms with Crippen LogP contribution in [-0.4, -0.2) is 27.5 Å². The molecule has 1 heterocycles. The Morgan fingerprint density at radius 2 is 2.25 bits per heavy atom. The average Bonchev–Trinajstić information content (AvgIpc) is 2.90. The lowest BCUT2D eigenvalue weighted by Gasteiger charge is -2.28. The van der Waals surface area contributed by atoms with Crippen LogP contribution in [0.5, 0.6) is 0 Å². The highest BCUT2D eigenvalue weighted by molar-refractivity contribution is 6.18. The van der Waals surface area contributed by atoms with Gasteiger partial charge in [-0.2, -0.15) is 0 Å². The molecular weight excluding hydrogens is 222 g/mol. The van der Waals surface area contributed by atoms with Crippen molar-refractivity contribution >= 4 is 11.6 Å². The van der Waals surface area contributed by atoms with Crippen molar-refractivity contribution in [1.82, 2.24) is 14.9 Å². The highest BCUT2D eigenvalue weighted by atomic mass is 35.5. The molecule has 4 heteroatoms. The first-order valence-electron chi connectivity index (χ1n) is 6.04. The topological polar surface area (TPSA) is 29.9 Å². The lowest BCUT2D eigenvalue weighted by molar-refractivity contribution is 0.361. The highest BCUT2D eigenvalue weighted by Crippen LogP contribution is 2.30. The molecule has 0 spiro atoms. The number of alkyl halides is 1. The Bertz CT molecular complexity index is 329. The van der Waals surface area contributed by atoms with Crippen LogP contribution in [0.1, 0.15) is 31.5 Å². The fraction of sp³-hybridized carbons (Fsp3) is 0.750. The quantitative estimate of drug-likeness (QED) is 0.802. The van der Waals surface area contributed by atoms with Gasteiger partial charge in [-0.1, -0.05) is 12.8 Å². The van der Waals surface area contributed by atoms with Crippen molar-refractivity contribution in [1.29, 1.82) is 0 Å². The molecule has 3 nitrogen and oxygen atoms in total. The van der Waals surface area contributed by atoms with Gasteiger partial charge in [-0.25, -0.2) is 4.98 Å². The van der Waals surface area contributed by atoms with Crippen molar-refractivity contribution in [2.45, 2.75) is 44.7 Å². The summed E-state index contributed by atoms with van der Waals surface area (Å²) < 4.78 is 2.17. The standard InChI is InChI=1S/C12H20ClN3/c1-11-14-6-8-16(11)9-7-15-12(10-13)4-2-3-5-12/h6,8,15H,2-5,7,9-10H2,1H3. The van der Waals surface area contributed by atoms with Gasteiger partial charge in [0.2, 0.25) is 0 Å². The molecule has 2 rings (SSSR count). The molecule has 0 unspecified atom stereocenters. The van der Waals surface area contributed by atoms with Gasteiger partial charge >= 0.3 is 0 Å². The van der Waals surface area contributed by atoms with Crippen LogP contribution in [0.3, 0.4) is 0 Å². The highest BCUT2D eigenvalue weighted by Gasteiger charge is 2.31. The summed E-state index contributed by atoms with van der Waals surface area (Å²) in [5.41, 5.74) is 0.204. The maximum Gasteiger partial charge on any atom is 0.105 e. The fourth-order valence-corrected chi connectivity index (χ4v) is 2.85. The number of hydrogen-bond donors (Lipinski definition) is 1. The van der Waals surface area contributed by atoms with Gasteiger partial charge in [0.1, 0.15) is 5.82 Å². The molecule has 0 bridgehead atoms. The number of aryl methyl sites for hydroxylation is 1. The Labute approximate surface area is 102 Å². The molecule has 0 saturated heterocycles. The van der Waals surface area contributed by atoms with E-state index >= 15 is 0 Å². The lowest BCUT2D eigenvalue weighted by atomic mass is 10.0. The summed E-state index contributed by atoms with van der Waals surface area (Å²) in [5, 5.41) is 3.63. The second-order valence-electron chi connectivity index (χ2n) is 4.72. The van der Waals surface area contributed by atoms with Gasteiger partial charge in [0, 0.05) is 36.9 Å². The molecule has 1 aliphatic carbocycles. The van der Waals surface area contributed by atoms with E-state index in [-0.39, 0.29) is 5.54 Å². The maximum absolute atomic E-state index is 6.07. The van der Waals surface area contributed by atoms with Crippen molar-refractivity contribution in [2.24, 2.45) is 0 Å². The van der Waals surface area contributed by atoms with Crippen molar-refractivity contribution in [3.05, 3.63) is 18.2 Å². The molecule has 1 aromatic rings. The molecular formula is C12H20ClN3. The van der Waals surface area contributed by atoms with E-state index in [0.717, 1.165) is 24.8 Å². The van der Waals surface area contributed by atoms with Gasteiger partial charge in [0.15, 0.2) is 0 Å². The van der Waals surface area contributed by atoms with Crippen LogP contribution in [0, 0.1) is 6.92 Å². The first-order chi connectivity index (χ1) is 7.76. The Balaban J connectivity index is 1.81. The molecule has 1 aliphatic rings. The van der Waals surface area contributed by atoms with Crippen LogP contribution in [0.2, 0.25) is 0 Å². The smallest absolute Gasteiger partial charge is 0.105 e. The van der Waals surface area contributed by atoms with Crippen LogP contribution < -0.4 is 5.32 Å². The Hall–Kier alpha value is -0.540. The summed E-state index contributed by atoms with van der Waals surface area (Å²) >= 11 is 6.07. The molecule has 0 aromatic carbocycles. The van der Waals surface area contributed by atoms with Gasteiger partial charge < -0.3 is 9.88 Å². The van der Waals surface area contributed by atoms with Crippen LogP contribution in [0.15, 0.2) is 12.4 Å². The van der Waals surface area contributed by atoms with E-state index in [0.29, 0.717) is 0 Å². The zero-order valence-corrected chi connectivity index (χ0v) is 10.6. The van der Waals surface area contributed by atoms with E-state index in [4.69, 9.17) is 11.6 Å². The molecule has 1 N–H and O–H groups in total. The van der Waals surface area contributed by atoms with Crippen LogP contribution in [0.4, 0.5) is 0 Å². The van der Waals surface area contributed by atoms with E-state index in [1.165, 1.54) is 25.7 Å².